The van der Waals surface area contributed by atoms with Gasteiger partial charge in [-0.05, 0) is 77.4 Å². The van der Waals surface area contributed by atoms with Crippen molar-refractivity contribution in [3.8, 4) is 0 Å². The first kappa shape index (κ1) is 52.3. The van der Waals surface area contributed by atoms with Crippen molar-refractivity contribution in [3.63, 3.8) is 0 Å². The van der Waals surface area contributed by atoms with Gasteiger partial charge in [-0.1, -0.05) is 59.8 Å². The molecule has 64 heavy (non-hydrogen) atoms. The number of ether oxygens (including phenoxy) is 6. The van der Waals surface area contributed by atoms with E-state index in [-0.39, 0.29) is 75.8 Å². The lowest BCUT2D eigenvalue weighted by Crippen LogP contribution is -2.43. The first-order valence-corrected chi connectivity index (χ1v) is 21.0. The molecule has 0 aromatic carbocycles. The highest BCUT2D eigenvalue weighted by molar-refractivity contribution is 6.11. The summed E-state index contributed by atoms with van der Waals surface area (Å²) < 4.78 is 29.4. The minimum Gasteiger partial charge on any atom is -0.468 e. The van der Waals surface area contributed by atoms with E-state index in [4.69, 9.17) is 28.4 Å². The van der Waals surface area contributed by atoms with Gasteiger partial charge < -0.3 is 28.4 Å². The van der Waals surface area contributed by atoms with E-state index in [1.165, 1.54) is 54.8 Å². The molecule has 4 aliphatic rings. The number of hydrogen-bond acceptors (Lipinski definition) is 16. The monoisotopic (exact) mass is 892 g/mol. The van der Waals surface area contributed by atoms with Crippen LogP contribution in [0.4, 0.5) is 0 Å². The van der Waals surface area contributed by atoms with Crippen molar-refractivity contribution in [2.75, 3.05) is 42.7 Å². The Balaban J connectivity index is 0.000000340. The van der Waals surface area contributed by atoms with Crippen molar-refractivity contribution in [2.45, 2.75) is 90.9 Å². The number of Topliss-reactive ketones (excluding diaryl/α,β-unsaturated/α-hetero) is 2. The van der Waals surface area contributed by atoms with Crippen LogP contribution in [0.15, 0.2) is 71.9 Å². The van der Waals surface area contributed by atoms with Gasteiger partial charge in [-0.15, -0.1) is 0 Å². The van der Waals surface area contributed by atoms with Gasteiger partial charge in [0, 0.05) is 37.5 Å². The summed E-state index contributed by atoms with van der Waals surface area (Å²) in [6.07, 6.45) is 17.3. The lowest BCUT2D eigenvalue weighted by molar-refractivity contribution is -0.171. The SMILES string of the molecule is COC(=O)C1(C(=O)OC)C/C=C/C=C\[C@@H]2CCC(=O)[C@@]2(C(=O)OC)CC(=O)/C=C(/C)CC1.COC(=O)C1(C(=O)OC)C/C=C/C=C\[C@@H]2CCC(=O)[C@@]2(C(=O)OC)CC(=O)/C=C(/C)CC1. The van der Waals surface area contributed by atoms with Crippen molar-refractivity contribution in [3.05, 3.63) is 71.9 Å². The molecule has 0 N–H and O–H groups in total. The van der Waals surface area contributed by atoms with Crippen molar-refractivity contribution in [1.29, 1.82) is 0 Å². The second kappa shape index (κ2) is 23.0. The predicted molar refractivity (Wildman–Crippen MR) is 228 cm³/mol. The topological polar surface area (TPSA) is 226 Å². The maximum absolute atomic E-state index is 12.9. The third kappa shape index (κ3) is 11.0. The zero-order valence-electron chi connectivity index (χ0n) is 37.9. The normalized spacial score (nSPS) is 29.5. The van der Waals surface area contributed by atoms with Crippen LogP contribution < -0.4 is 0 Å². The average Bonchev–Trinajstić information content (AvgIpc) is 3.77. The van der Waals surface area contributed by atoms with Crippen molar-refractivity contribution >= 4 is 58.9 Å². The zero-order valence-corrected chi connectivity index (χ0v) is 37.9. The Hall–Kier alpha value is -6.06. The van der Waals surface area contributed by atoms with E-state index in [0.29, 0.717) is 24.0 Å². The van der Waals surface area contributed by atoms with Crippen LogP contribution in [-0.2, 0) is 76.4 Å². The highest BCUT2D eigenvalue weighted by atomic mass is 16.6. The van der Waals surface area contributed by atoms with Gasteiger partial charge in [-0.2, -0.15) is 0 Å². The fourth-order valence-electron chi connectivity index (χ4n) is 9.10. The number of rotatable bonds is 6. The molecule has 0 aromatic heterocycles. The van der Waals surface area contributed by atoms with Crippen LogP contribution >= 0.6 is 0 Å². The van der Waals surface area contributed by atoms with Gasteiger partial charge in [-0.25, -0.2) is 0 Å². The molecule has 0 bridgehead atoms. The third-order valence-corrected chi connectivity index (χ3v) is 12.8. The Bertz CT molecular complexity index is 1870. The van der Waals surface area contributed by atoms with Crippen LogP contribution in [0.1, 0.15) is 90.9 Å². The van der Waals surface area contributed by atoms with Crippen LogP contribution in [0.5, 0.6) is 0 Å². The third-order valence-electron chi connectivity index (χ3n) is 12.8. The summed E-state index contributed by atoms with van der Waals surface area (Å²) in [6.45, 7) is 3.38. The Labute approximate surface area is 373 Å². The van der Waals surface area contributed by atoms with E-state index in [2.05, 4.69) is 0 Å². The molecule has 0 heterocycles. The number of carbonyl (C=O) groups excluding carboxylic acids is 10. The summed E-state index contributed by atoms with van der Waals surface area (Å²) in [6, 6.07) is 0. The van der Waals surface area contributed by atoms with E-state index in [1.54, 1.807) is 62.5 Å². The molecule has 2 fully saturated rings. The number of fused-ring (bicyclic) bond motifs is 2. The van der Waals surface area contributed by atoms with E-state index < -0.39 is 80.9 Å². The van der Waals surface area contributed by atoms with Crippen LogP contribution in [0, 0.1) is 33.5 Å². The second-order valence-electron chi connectivity index (χ2n) is 16.5. The number of ketones is 4. The predicted octanol–water partition coefficient (Wildman–Crippen LogP) is 5.32. The van der Waals surface area contributed by atoms with E-state index >= 15 is 0 Å². The molecule has 16 heteroatoms. The molecule has 0 radical (unpaired) electrons. The Morgan fingerprint density at radius 3 is 1.08 bits per heavy atom. The molecular formula is C48H60O16. The Morgan fingerprint density at radius 1 is 0.469 bits per heavy atom. The highest BCUT2D eigenvalue weighted by Gasteiger charge is 2.58. The smallest absolute Gasteiger partial charge is 0.323 e. The van der Waals surface area contributed by atoms with Gasteiger partial charge in [0.15, 0.2) is 34.0 Å². The lowest BCUT2D eigenvalue weighted by Gasteiger charge is -2.29. The van der Waals surface area contributed by atoms with Gasteiger partial charge in [0.05, 0.1) is 42.7 Å². The largest absolute Gasteiger partial charge is 0.468 e. The molecule has 0 spiro atoms. The minimum absolute atomic E-state index is 0.0314. The minimum atomic E-state index is -1.55. The molecular weight excluding hydrogens is 833 g/mol. The molecule has 0 saturated heterocycles. The quantitative estimate of drug-likeness (QED) is 0.187. The van der Waals surface area contributed by atoms with E-state index in [9.17, 15) is 47.9 Å². The molecule has 2 saturated carbocycles. The van der Waals surface area contributed by atoms with Crippen molar-refractivity contribution in [1.82, 2.24) is 0 Å². The first-order valence-electron chi connectivity index (χ1n) is 21.0. The van der Waals surface area contributed by atoms with Gasteiger partial charge in [0.25, 0.3) is 0 Å². The molecule has 16 nitrogen and oxygen atoms in total. The van der Waals surface area contributed by atoms with Gasteiger partial charge in [-0.3, -0.25) is 47.9 Å². The molecule has 4 aliphatic carbocycles. The summed E-state index contributed by atoms with van der Waals surface area (Å²) in [5, 5.41) is 0. The molecule has 4 rings (SSSR count). The molecule has 0 aliphatic heterocycles. The molecule has 0 aromatic rings. The number of carbonyl (C=O) groups is 10. The van der Waals surface area contributed by atoms with E-state index in [1.807, 2.05) is 0 Å². The summed E-state index contributed by atoms with van der Waals surface area (Å²) in [5.74, 6) is -6.66. The second-order valence-corrected chi connectivity index (χ2v) is 16.5. The van der Waals surface area contributed by atoms with Crippen LogP contribution in [0.25, 0.3) is 0 Å². The fourth-order valence-corrected chi connectivity index (χ4v) is 9.10. The number of methoxy groups -OCH3 is 6. The van der Waals surface area contributed by atoms with E-state index in [0.717, 1.165) is 0 Å². The summed E-state index contributed by atoms with van der Waals surface area (Å²) >= 11 is 0. The number of allylic oxidation sites excluding steroid dienone is 12. The van der Waals surface area contributed by atoms with Gasteiger partial charge >= 0.3 is 35.8 Å². The van der Waals surface area contributed by atoms with Crippen LogP contribution in [-0.4, -0.2) is 102 Å². The summed E-state index contributed by atoms with van der Waals surface area (Å²) in [4.78, 5) is 127. The fraction of sp³-hybridized carbons (Fsp3) is 0.542. The maximum atomic E-state index is 12.9. The molecule has 0 amide bonds. The summed E-state index contributed by atoms with van der Waals surface area (Å²) in [7, 11) is 7.24. The van der Waals surface area contributed by atoms with Crippen LogP contribution in [0.2, 0.25) is 0 Å². The molecule has 4 atom stereocenters. The van der Waals surface area contributed by atoms with Gasteiger partial charge in [0.1, 0.15) is 10.8 Å². The highest BCUT2D eigenvalue weighted by Crippen LogP contribution is 2.47. The average molecular weight is 893 g/mol. The number of esters is 6. The first-order chi connectivity index (χ1) is 30.3. The maximum Gasteiger partial charge on any atom is 0.323 e. The zero-order chi connectivity index (χ0) is 47.9. The molecule has 0 unspecified atom stereocenters. The van der Waals surface area contributed by atoms with Crippen LogP contribution in [0.3, 0.4) is 0 Å². The molecule has 348 valence electrons. The Morgan fingerprint density at radius 2 is 0.781 bits per heavy atom. The Kier molecular flexibility index (Phi) is 18.8. The summed E-state index contributed by atoms with van der Waals surface area (Å²) in [5.41, 5.74) is -4.97. The standard InChI is InChI=1S/2C24H30O8/c2*1-16-11-13-23(20(27)30-2,21(28)31-3)12-7-5-6-8-17-9-10-19(26)24(17,22(29)32-4)15-18(25)14-16/h2*5-8,14,17H,9-13,15H2,1-4H3/b2*7-5+,8-6-,16-14-/t2*17-,24-/m11/s1. The number of hydrogen-bond donors (Lipinski definition) is 0. The lowest BCUT2D eigenvalue weighted by atomic mass is 9.72. The van der Waals surface area contributed by atoms with Crippen molar-refractivity contribution in [2.24, 2.45) is 33.5 Å². The van der Waals surface area contributed by atoms with Crippen molar-refractivity contribution < 1.29 is 76.4 Å². The van der Waals surface area contributed by atoms with Gasteiger partial charge in [0.2, 0.25) is 0 Å².